The van der Waals surface area contributed by atoms with Gasteiger partial charge in [-0.25, -0.2) is 18.6 Å². The number of nitrogens with one attached hydrogen (secondary N) is 2. The average Bonchev–Trinajstić information content (AvgIpc) is 3.19. The van der Waals surface area contributed by atoms with Crippen LogP contribution in [0.15, 0.2) is 35.4 Å². The number of anilines is 1. The minimum absolute atomic E-state index is 0.290. The Hall–Kier alpha value is -2.90. The first-order valence-electron chi connectivity index (χ1n) is 9.40. The van der Waals surface area contributed by atoms with E-state index in [9.17, 15) is 13.6 Å². The molecule has 164 valence electrons. The van der Waals surface area contributed by atoms with Gasteiger partial charge < -0.3 is 15.1 Å². The van der Waals surface area contributed by atoms with E-state index in [1.807, 2.05) is 19.1 Å². The number of thiazole rings is 1. The predicted molar refractivity (Wildman–Crippen MR) is 117 cm³/mol. The van der Waals surface area contributed by atoms with Crippen LogP contribution in [-0.4, -0.2) is 59.0 Å². The van der Waals surface area contributed by atoms with Crippen LogP contribution in [0.2, 0.25) is 0 Å². The molecule has 0 aromatic carbocycles. The fourth-order valence-electron chi connectivity index (χ4n) is 2.91. The van der Waals surface area contributed by atoms with Crippen molar-refractivity contribution in [1.82, 2.24) is 25.1 Å². The van der Waals surface area contributed by atoms with Crippen molar-refractivity contribution in [2.24, 2.45) is 0 Å². The first kappa shape index (κ1) is 22.8. The lowest BCUT2D eigenvalue weighted by atomic mass is 10.2. The van der Waals surface area contributed by atoms with Crippen molar-refractivity contribution in [3.8, 4) is 11.8 Å². The number of halogens is 3. The second kappa shape index (κ2) is 10.4. The van der Waals surface area contributed by atoms with E-state index in [4.69, 9.17) is 11.6 Å². The quantitative estimate of drug-likeness (QED) is 0.502. The number of carbonyl (C=O) groups is 1. The van der Waals surface area contributed by atoms with E-state index >= 15 is 0 Å². The third-order valence-electron chi connectivity index (χ3n) is 4.38. The minimum atomic E-state index is -2.47. The zero-order valence-corrected chi connectivity index (χ0v) is 18.5. The van der Waals surface area contributed by atoms with Crippen LogP contribution in [0.3, 0.4) is 0 Å². The Labute approximate surface area is 188 Å². The van der Waals surface area contributed by atoms with Crippen LogP contribution in [-0.2, 0) is 0 Å². The second-order valence-electron chi connectivity index (χ2n) is 6.74. The highest BCUT2D eigenvalue weighted by Crippen LogP contribution is 2.28. The Balaban J connectivity index is 1.51. The molecule has 3 rings (SSSR count). The molecular weight excluding hydrogens is 446 g/mol. The van der Waals surface area contributed by atoms with Gasteiger partial charge in [-0.05, 0) is 25.0 Å². The zero-order chi connectivity index (χ0) is 22.4. The molecule has 1 aliphatic heterocycles. The fourth-order valence-corrected chi connectivity index (χ4v) is 4.08. The maximum atomic E-state index is 12.6. The van der Waals surface area contributed by atoms with E-state index in [0.717, 1.165) is 16.1 Å². The molecule has 0 unspecified atom stereocenters. The van der Waals surface area contributed by atoms with Crippen LogP contribution in [0.4, 0.5) is 18.7 Å². The van der Waals surface area contributed by atoms with E-state index in [2.05, 4.69) is 32.4 Å². The molecule has 3 heterocycles. The average molecular weight is 467 g/mol. The van der Waals surface area contributed by atoms with Gasteiger partial charge in [0.2, 0.25) is 0 Å². The van der Waals surface area contributed by atoms with Crippen LogP contribution in [0.5, 0.6) is 0 Å². The molecule has 2 aromatic heterocycles. The highest BCUT2D eigenvalue weighted by atomic mass is 35.5. The summed E-state index contributed by atoms with van der Waals surface area (Å²) in [5.74, 6) is 6.09. The van der Waals surface area contributed by atoms with Crippen LogP contribution in [0.25, 0.3) is 0 Å². The summed E-state index contributed by atoms with van der Waals surface area (Å²) in [7, 11) is 1.77. The van der Waals surface area contributed by atoms with Crippen molar-refractivity contribution in [2.75, 3.05) is 32.1 Å². The Morgan fingerprint density at radius 3 is 2.81 bits per heavy atom. The standard InChI is InChI=1S/C20H21ClF2N6OS/c1-13-16(4-3-14-5-8-24-9-6-14)31-20(26-13)27-19(30)25-10-7-15-18(21)29(11-17(22)23)12-28(15)2/h5-6,8-9,17H,7,10-12H2,1-2H3,(H2,25,26,27,30). The van der Waals surface area contributed by atoms with Gasteiger partial charge in [-0.1, -0.05) is 28.9 Å². The van der Waals surface area contributed by atoms with Crippen LogP contribution >= 0.6 is 22.9 Å². The fraction of sp³-hybridized carbons (Fsp3) is 0.350. The number of hydrogen-bond acceptors (Lipinski definition) is 6. The van der Waals surface area contributed by atoms with Crippen molar-refractivity contribution < 1.29 is 13.6 Å². The van der Waals surface area contributed by atoms with E-state index in [-0.39, 0.29) is 5.16 Å². The lowest BCUT2D eigenvalue weighted by Gasteiger charge is -2.19. The van der Waals surface area contributed by atoms with Gasteiger partial charge in [0.1, 0.15) is 10.0 Å². The van der Waals surface area contributed by atoms with E-state index in [1.54, 1.807) is 24.3 Å². The van der Waals surface area contributed by atoms with Crippen molar-refractivity contribution in [3.63, 3.8) is 0 Å². The molecule has 7 nitrogen and oxygen atoms in total. The van der Waals surface area contributed by atoms with Gasteiger partial charge in [0.25, 0.3) is 6.43 Å². The largest absolute Gasteiger partial charge is 0.358 e. The van der Waals surface area contributed by atoms with Gasteiger partial charge in [-0.3, -0.25) is 10.3 Å². The van der Waals surface area contributed by atoms with Gasteiger partial charge >= 0.3 is 6.03 Å². The lowest BCUT2D eigenvalue weighted by molar-refractivity contribution is 0.1000. The number of aromatic nitrogens is 2. The summed E-state index contributed by atoms with van der Waals surface area (Å²) >= 11 is 7.48. The van der Waals surface area contributed by atoms with Crippen LogP contribution in [0.1, 0.15) is 22.6 Å². The SMILES string of the molecule is Cc1nc(NC(=O)NCCC2=C(Cl)N(CC(F)F)CN2C)sc1C#Cc1ccncc1. The molecular formula is C20H21ClF2N6OS. The van der Waals surface area contributed by atoms with Crippen molar-refractivity contribution in [2.45, 2.75) is 19.8 Å². The molecule has 0 saturated heterocycles. The summed E-state index contributed by atoms with van der Waals surface area (Å²) in [6.07, 6.45) is 1.29. The van der Waals surface area contributed by atoms with Crippen molar-refractivity contribution in [1.29, 1.82) is 0 Å². The highest BCUT2D eigenvalue weighted by Gasteiger charge is 2.27. The highest BCUT2D eigenvalue weighted by molar-refractivity contribution is 7.16. The number of rotatable bonds is 6. The second-order valence-corrected chi connectivity index (χ2v) is 8.10. The van der Waals surface area contributed by atoms with E-state index in [0.29, 0.717) is 30.5 Å². The third-order valence-corrected chi connectivity index (χ3v) is 5.83. The molecule has 0 aliphatic carbocycles. The van der Waals surface area contributed by atoms with Gasteiger partial charge in [0.15, 0.2) is 5.13 Å². The first-order valence-corrected chi connectivity index (χ1v) is 10.6. The summed E-state index contributed by atoms with van der Waals surface area (Å²) in [5.41, 5.74) is 2.28. The molecule has 0 bridgehead atoms. The number of alkyl halides is 2. The van der Waals surface area contributed by atoms with Crippen molar-refractivity contribution >= 4 is 34.1 Å². The number of aryl methyl sites for hydroxylation is 1. The number of hydrogen-bond donors (Lipinski definition) is 2. The maximum Gasteiger partial charge on any atom is 0.321 e. The molecule has 0 spiro atoms. The zero-order valence-electron chi connectivity index (χ0n) is 17.0. The first-order chi connectivity index (χ1) is 14.8. The van der Waals surface area contributed by atoms with Gasteiger partial charge in [0.05, 0.1) is 24.6 Å². The number of urea groups is 1. The number of nitrogens with zero attached hydrogens (tertiary/aromatic N) is 4. The van der Waals surface area contributed by atoms with Gasteiger partial charge in [-0.15, -0.1) is 0 Å². The number of carbonyl (C=O) groups excluding carboxylic acids is 1. The maximum absolute atomic E-state index is 12.6. The van der Waals surface area contributed by atoms with Gasteiger partial charge in [0, 0.05) is 38.0 Å². The summed E-state index contributed by atoms with van der Waals surface area (Å²) in [4.78, 5) is 24.4. The molecule has 0 atom stereocenters. The van der Waals surface area contributed by atoms with Crippen LogP contribution < -0.4 is 10.6 Å². The molecule has 11 heteroatoms. The van der Waals surface area contributed by atoms with E-state index < -0.39 is 19.0 Å². The monoisotopic (exact) mass is 466 g/mol. The molecule has 2 N–H and O–H groups in total. The topological polar surface area (TPSA) is 73.4 Å². The lowest BCUT2D eigenvalue weighted by Crippen LogP contribution is -2.31. The van der Waals surface area contributed by atoms with E-state index in [1.165, 1.54) is 16.2 Å². The Bertz CT molecular complexity index is 1020. The molecule has 0 radical (unpaired) electrons. The Kier molecular flexibility index (Phi) is 7.65. The number of amides is 2. The summed E-state index contributed by atoms with van der Waals surface area (Å²) in [6, 6.07) is 3.21. The van der Waals surface area contributed by atoms with Crippen molar-refractivity contribution in [3.05, 3.63) is 51.5 Å². The summed E-state index contributed by atoms with van der Waals surface area (Å²) in [6.45, 7) is 2.00. The predicted octanol–water partition coefficient (Wildman–Crippen LogP) is 3.64. The molecule has 2 aromatic rings. The Morgan fingerprint density at radius 1 is 1.35 bits per heavy atom. The third kappa shape index (κ3) is 6.29. The van der Waals surface area contributed by atoms with Crippen LogP contribution in [0, 0.1) is 18.8 Å². The number of pyridine rings is 1. The summed E-state index contributed by atoms with van der Waals surface area (Å²) < 4.78 is 25.2. The smallest absolute Gasteiger partial charge is 0.321 e. The molecule has 2 amide bonds. The molecule has 0 saturated carbocycles. The molecule has 31 heavy (non-hydrogen) atoms. The normalized spacial score (nSPS) is 13.5. The minimum Gasteiger partial charge on any atom is -0.358 e. The molecule has 1 aliphatic rings. The Morgan fingerprint density at radius 2 is 2.10 bits per heavy atom. The summed E-state index contributed by atoms with van der Waals surface area (Å²) in [5, 5.41) is 6.15. The van der Waals surface area contributed by atoms with Gasteiger partial charge in [-0.2, -0.15) is 0 Å². The molecule has 0 fully saturated rings.